The second-order valence-corrected chi connectivity index (χ2v) is 17.4. The Bertz CT molecular complexity index is 1920. The van der Waals surface area contributed by atoms with E-state index in [9.17, 15) is 10.2 Å². The van der Waals surface area contributed by atoms with Crippen LogP contribution in [0, 0.1) is 20.8 Å². The number of hydrogen-bond donors (Lipinski definition) is 2. The Morgan fingerprint density at radius 1 is 0.596 bits per heavy atom. The molecule has 0 aromatic heterocycles. The van der Waals surface area contributed by atoms with Crippen LogP contribution in [-0.2, 0) is 10.8 Å². The van der Waals surface area contributed by atoms with Gasteiger partial charge in [-0.15, -0.1) is 0 Å². The van der Waals surface area contributed by atoms with Gasteiger partial charge < -0.3 is 10.2 Å². The lowest BCUT2D eigenvalue weighted by Crippen LogP contribution is -2.28. The average Bonchev–Trinajstić information content (AvgIpc) is 3.00. The second-order valence-electron chi connectivity index (χ2n) is 14.5. The molecule has 0 radical (unpaired) electrons. The van der Waals surface area contributed by atoms with Crippen LogP contribution in [0.25, 0.3) is 0 Å². The zero-order valence-electron chi connectivity index (χ0n) is 29.1. The van der Waals surface area contributed by atoms with Crippen LogP contribution < -0.4 is 15.9 Å². The van der Waals surface area contributed by atoms with E-state index in [1.165, 1.54) is 5.56 Å². The third kappa shape index (κ3) is 6.71. The van der Waals surface area contributed by atoms with Crippen LogP contribution >= 0.6 is 7.05 Å². The van der Waals surface area contributed by atoms with Crippen molar-refractivity contribution >= 4 is 40.6 Å². The van der Waals surface area contributed by atoms with Gasteiger partial charge in [0.15, 0.2) is 0 Å². The van der Waals surface area contributed by atoms with Gasteiger partial charge in [-0.3, -0.25) is 9.74 Å². The maximum atomic E-state index is 12.2. The number of rotatable bonds is 6. The quantitative estimate of drug-likeness (QED) is 0.143. The highest BCUT2D eigenvalue weighted by Crippen LogP contribution is 2.55. The standard InChI is InChI=1S/C42H47N2O2P/c1-28-25-29(2)38(30(3)26-28)43-27-31-17-13-14-22-35(31)44-47(32-18-11-10-12-19-32,36-23-15-20-33(39(36)45)41(4,5)6)37-24-16-21-34(40(37)46)42(7,8)9/h10-27,45-46H,1-9H3. The van der Waals surface area contributed by atoms with Crippen molar-refractivity contribution < 1.29 is 10.2 Å². The molecule has 5 heteroatoms. The first kappa shape index (κ1) is 33.9. The van der Waals surface area contributed by atoms with Gasteiger partial charge in [-0.2, -0.15) is 0 Å². The first-order valence-corrected chi connectivity index (χ1v) is 17.9. The monoisotopic (exact) mass is 642 g/mol. The van der Waals surface area contributed by atoms with E-state index in [2.05, 4.69) is 86.6 Å². The van der Waals surface area contributed by atoms with E-state index in [0.717, 1.165) is 44.5 Å². The van der Waals surface area contributed by atoms with Gasteiger partial charge in [0.25, 0.3) is 0 Å². The zero-order chi connectivity index (χ0) is 34.1. The second kappa shape index (κ2) is 13.0. The van der Waals surface area contributed by atoms with Crippen LogP contribution in [0.4, 0.5) is 11.4 Å². The third-order valence-corrected chi connectivity index (χ3v) is 12.3. The van der Waals surface area contributed by atoms with E-state index < -0.39 is 7.05 Å². The molecular formula is C42H47N2O2P. The van der Waals surface area contributed by atoms with E-state index in [1.54, 1.807) is 0 Å². The molecule has 0 aliphatic heterocycles. The summed E-state index contributed by atoms with van der Waals surface area (Å²) in [4.78, 5) is 4.98. The summed E-state index contributed by atoms with van der Waals surface area (Å²) in [5, 5.41) is 26.8. The molecule has 0 aliphatic carbocycles. The molecule has 5 aromatic carbocycles. The zero-order valence-corrected chi connectivity index (χ0v) is 30.0. The number of para-hydroxylation sites is 2. The van der Waals surface area contributed by atoms with Crippen molar-refractivity contribution in [1.82, 2.24) is 0 Å². The van der Waals surface area contributed by atoms with Crippen molar-refractivity contribution in [2.24, 2.45) is 9.74 Å². The predicted molar refractivity (Wildman–Crippen MR) is 202 cm³/mol. The van der Waals surface area contributed by atoms with E-state index in [0.29, 0.717) is 10.6 Å². The fourth-order valence-electron chi connectivity index (χ4n) is 6.37. The van der Waals surface area contributed by atoms with Crippen molar-refractivity contribution in [2.45, 2.75) is 73.1 Å². The van der Waals surface area contributed by atoms with Crippen LogP contribution in [0.5, 0.6) is 11.5 Å². The lowest BCUT2D eigenvalue weighted by Gasteiger charge is -2.32. The van der Waals surface area contributed by atoms with Crippen LogP contribution in [0.15, 0.2) is 113 Å². The Hall–Kier alpha value is -4.40. The maximum absolute atomic E-state index is 12.2. The molecule has 0 unspecified atom stereocenters. The number of aromatic hydroxyl groups is 2. The fraction of sp³-hybridized carbons (Fsp3) is 0.262. The third-order valence-electron chi connectivity index (χ3n) is 8.64. The highest BCUT2D eigenvalue weighted by molar-refractivity contribution is 7.87. The predicted octanol–water partition coefficient (Wildman–Crippen LogP) is 10.2. The highest BCUT2D eigenvalue weighted by atomic mass is 31.2. The van der Waals surface area contributed by atoms with Gasteiger partial charge in [-0.05, 0) is 72.1 Å². The molecule has 0 spiro atoms. The molecule has 0 atom stereocenters. The molecule has 0 fully saturated rings. The van der Waals surface area contributed by atoms with Crippen LogP contribution in [0.2, 0.25) is 0 Å². The van der Waals surface area contributed by atoms with Crippen molar-refractivity contribution in [3.8, 4) is 11.5 Å². The van der Waals surface area contributed by atoms with E-state index in [-0.39, 0.29) is 22.3 Å². The van der Waals surface area contributed by atoms with Gasteiger partial charge in [-0.1, -0.05) is 132 Å². The van der Waals surface area contributed by atoms with Crippen LogP contribution in [-0.4, -0.2) is 16.4 Å². The molecule has 2 N–H and O–H groups in total. The number of aliphatic imine (C=N–C) groups is 1. The number of benzene rings is 5. The molecule has 242 valence electrons. The molecule has 5 rings (SSSR count). The molecule has 0 bridgehead atoms. The largest absolute Gasteiger partial charge is 0.507 e. The van der Waals surface area contributed by atoms with Gasteiger partial charge in [0, 0.05) is 27.7 Å². The molecule has 4 nitrogen and oxygen atoms in total. The minimum absolute atomic E-state index is 0.207. The molecule has 0 saturated carbocycles. The SMILES string of the molecule is Cc1cc(C)c(N=Cc2ccccc2N=P(c2ccccc2)(c2cccc(C(C)(C)C)c2O)c2cccc(C(C)(C)C)c2O)c(C)c1. The molecule has 5 aromatic rings. The molecule has 0 amide bonds. The van der Waals surface area contributed by atoms with Crippen molar-refractivity contribution in [2.75, 3.05) is 0 Å². The van der Waals surface area contributed by atoms with Crippen molar-refractivity contribution in [3.05, 3.63) is 137 Å². The van der Waals surface area contributed by atoms with Crippen LogP contribution in [0.3, 0.4) is 0 Å². The molecular weight excluding hydrogens is 595 g/mol. The minimum Gasteiger partial charge on any atom is -0.507 e. The van der Waals surface area contributed by atoms with Crippen LogP contribution in [0.1, 0.15) is 74.9 Å². The summed E-state index contributed by atoms with van der Waals surface area (Å²) in [6.45, 7) is 18.9. The molecule has 0 saturated heterocycles. The van der Waals surface area contributed by atoms with Crippen molar-refractivity contribution in [1.29, 1.82) is 0 Å². The molecule has 0 aliphatic rings. The topological polar surface area (TPSA) is 65.2 Å². The minimum atomic E-state index is -3.13. The Morgan fingerprint density at radius 3 is 1.60 bits per heavy atom. The summed E-state index contributed by atoms with van der Waals surface area (Å²) in [6, 6.07) is 34.4. The first-order valence-electron chi connectivity index (χ1n) is 16.2. The summed E-state index contributed by atoms with van der Waals surface area (Å²) in [5.74, 6) is 0.414. The number of aryl methyl sites for hydroxylation is 3. The van der Waals surface area contributed by atoms with Crippen molar-refractivity contribution in [3.63, 3.8) is 0 Å². The molecule has 47 heavy (non-hydrogen) atoms. The summed E-state index contributed by atoms with van der Waals surface area (Å²) >= 11 is 0. The number of hydrogen-bond acceptors (Lipinski definition) is 4. The van der Waals surface area contributed by atoms with E-state index >= 15 is 0 Å². The summed E-state index contributed by atoms with van der Waals surface area (Å²) < 4.78 is 5.74. The summed E-state index contributed by atoms with van der Waals surface area (Å²) in [5.41, 5.74) is 6.99. The smallest absolute Gasteiger partial charge is 0.129 e. The number of nitrogens with zero attached hydrogens (tertiary/aromatic N) is 2. The van der Waals surface area contributed by atoms with Gasteiger partial charge in [-0.25, -0.2) is 0 Å². The number of phenols is 2. The first-order chi connectivity index (χ1) is 22.1. The fourth-order valence-corrected chi connectivity index (χ4v) is 10.1. The Balaban J connectivity index is 1.95. The van der Waals surface area contributed by atoms with E-state index in [1.807, 2.05) is 85.1 Å². The Kier molecular flexibility index (Phi) is 9.40. The Labute approximate surface area is 281 Å². The maximum Gasteiger partial charge on any atom is 0.129 e. The molecule has 0 heterocycles. The van der Waals surface area contributed by atoms with Gasteiger partial charge in [0.2, 0.25) is 0 Å². The summed E-state index contributed by atoms with van der Waals surface area (Å²) in [7, 11) is -3.13. The average molecular weight is 643 g/mol. The highest BCUT2D eigenvalue weighted by Gasteiger charge is 2.36. The lowest BCUT2D eigenvalue weighted by molar-refractivity contribution is 0.450. The summed E-state index contributed by atoms with van der Waals surface area (Å²) in [6.07, 6.45) is 1.89. The lowest BCUT2D eigenvalue weighted by atomic mass is 9.86. The Morgan fingerprint density at radius 2 is 1.09 bits per heavy atom. The van der Waals surface area contributed by atoms with Gasteiger partial charge in [0.05, 0.1) is 18.4 Å². The van der Waals surface area contributed by atoms with Gasteiger partial charge in [0.1, 0.15) is 11.5 Å². The normalized spacial score (nSPS) is 12.4. The van der Waals surface area contributed by atoms with E-state index in [4.69, 9.17) is 9.74 Å². The van der Waals surface area contributed by atoms with Gasteiger partial charge >= 0.3 is 0 Å². The number of phenolic OH excluding ortho intramolecular Hbond substituents is 2.